The van der Waals surface area contributed by atoms with Crippen LogP contribution in [0.3, 0.4) is 0 Å². The van der Waals surface area contributed by atoms with E-state index in [0.717, 1.165) is 12.3 Å². The lowest BCUT2D eigenvalue weighted by Crippen LogP contribution is -2.40. The number of hydrogen-bond donors (Lipinski definition) is 1. The van der Waals surface area contributed by atoms with E-state index < -0.39 is 0 Å². The summed E-state index contributed by atoms with van der Waals surface area (Å²) in [4.78, 5) is 11.9. The maximum Gasteiger partial charge on any atom is 0.258 e. The molecule has 1 amide bonds. The van der Waals surface area contributed by atoms with Crippen LogP contribution in [-0.4, -0.2) is 18.6 Å². The molecule has 19 heavy (non-hydrogen) atoms. The van der Waals surface area contributed by atoms with Crippen molar-refractivity contribution in [2.45, 2.75) is 31.7 Å². The van der Waals surface area contributed by atoms with Gasteiger partial charge in [0.1, 0.15) is 5.75 Å². The molecule has 4 heteroatoms. The van der Waals surface area contributed by atoms with Gasteiger partial charge in [-0.05, 0) is 49.3 Å². The third-order valence-electron chi connectivity index (χ3n) is 4.25. The van der Waals surface area contributed by atoms with Crippen LogP contribution in [0.25, 0.3) is 0 Å². The van der Waals surface area contributed by atoms with Gasteiger partial charge in [-0.15, -0.1) is 0 Å². The average molecular weight is 280 g/mol. The van der Waals surface area contributed by atoms with E-state index in [9.17, 15) is 4.79 Å². The molecule has 2 fully saturated rings. The second kappa shape index (κ2) is 5.41. The molecular formula is C15H18ClNO2. The lowest BCUT2D eigenvalue weighted by molar-refractivity contribution is -0.124. The summed E-state index contributed by atoms with van der Waals surface area (Å²) in [6.07, 6.45) is 5.05. The molecule has 2 bridgehead atoms. The van der Waals surface area contributed by atoms with E-state index in [4.69, 9.17) is 16.3 Å². The van der Waals surface area contributed by atoms with E-state index in [0.29, 0.717) is 22.7 Å². The summed E-state index contributed by atoms with van der Waals surface area (Å²) >= 11 is 5.86. The van der Waals surface area contributed by atoms with E-state index >= 15 is 0 Å². The van der Waals surface area contributed by atoms with Gasteiger partial charge in [0.25, 0.3) is 5.91 Å². The van der Waals surface area contributed by atoms with E-state index in [2.05, 4.69) is 5.32 Å². The van der Waals surface area contributed by atoms with Crippen LogP contribution in [-0.2, 0) is 4.79 Å². The Labute approximate surface area is 118 Å². The highest BCUT2D eigenvalue weighted by atomic mass is 35.5. The normalized spacial score (nSPS) is 28.4. The molecule has 1 aromatic rings. The highest BCUT2D eigenvalue weighted by Gasteiger charge is 2.40. The molecule has 2 aliphatic carbocycles. The fourth-order valence-corrected chi connectivity index (χ4v) is 3.56. The number of hydrogen-bond acceptors (Lipinski definition) is 2. The predicted octanol–water partition coefficient (Wildman–Crippen LogP) is 3.02. The summed E-state index contributed by atoms with van der Waals surface area (Å²) in [5.74, 6) is 2.14. The Kier molecular flexibility index (Phi) is 3.65. The van der Waals surface area contributed by atoms with E-state index in [1.165, 1.54) is 19.3 Å². The maximum atomic E-state index is 11.9. The van der Waals surface area contributed by atoms with Crippen LogP contribution < -0.4 is 10.1 Å². The van der Waals surface area contributed by atoms with Crippen molar-refractivity contribution >= 4 is 17.5 Å². The lowest BCUT2D eigenvalue weighted by Gasteiger charge is -2.22. The van der Waals surface area contributed by atoms with Gasteiger partial charge in [-0.2, -0.15) is 0 Å². The van der Waals surface area contributed by atoms with Crippen LogP contribution in [0.2, 0.25) is 5.02 Å². The zero-order valence-corrected chi connectivity index (χ0v) is 11.5. The lowest BCUT2D eigenvalue weighted by atomic mass is 9.95. The molecule has 3 nitrogen and oxygen atoms in total. The highest BCUT2D eigenvalue weighted by molar-refractivity contribution is 6.30. The van der Waals surface area contributed by atoms with Gasteiger partial charge in [-0.1, -0.05) is 24.1 Å². The van der Waals surface area contributed by atoms with Gasteiger partial charge >= 0.3 is 0 Å². The predicted molar refractivity (Wildman–Crippen MR) is 74.3 cm³/mol. The van der Waals surface area contributed by atoms with E-state index in [1.54, 1.807) is 18.2 Å². The Morgan fingerprint density at radius 3 is 2.95 bits per heavy atom. The number of fused-ring (bicyclic) bond motifs is 2. The number of ether oxygens (including phenoxy) is 1. The first-order valence-electron chi connectivity index (χ1n) is 6.88. The number of benzene rings is 1. The molecular weight excluding hydrogens is 262 g/mol. The quantitative estimate of drug-likeness (QED) is 0.920. The third-order valence-corrected chi connectivity index (χ3v) is 4.49. The van der Waals surface area contributed by atoms with Crippen molar-refractivity contribution in [1.29, 1.82) is 0 Å². The molecule has 0 saturated heterocycles. The van der Waals surface area contributed by atoms with Gasteiger partial charge in [0, 0.05) is 11.1 Å². The molecule has 1 aromatic carbocycles. The summed E-state index contributed by atoms with van der Waals surface area (Å²) < 4.78 is 5.44. The van der Waals surface area contributed by atoms with Crippen LogP contribution in [0.1, 0.15) is 25.7 Å². The van der Waals surface area contributed by atoms with Crippen LogP contribution in [0.5, 0.6) is 5.75 Å². The number of amides is 1. The molecule has 1 N–H and O–H groups in total. The summed E-state index contributed by atoms with van der Waals surface area (Å²) in [6, 6.07) is 7.48. The molecule has 3 atom stereocenters. The Balaban J connectivity index is 1.47. The summed E-state index contributed by atoms with van der Waals surface area (Å²) in [6.45, 7) is 0.0637. The number of carbonyl (C=O) groups excluding carboxylic acids is 1. The Morgan fingerprint density at radius 1 is 1.37 bits per heavy atom. The fraction of sp³-hybridized carbons (Fsp3) is 0.533. The largest absolute Gasteiger partial charge is 0.484 e. The van der Waals surface area contributed by atoms with Crippen LogP contribution in [0, 0.1) is 11.8 Å². The average Bonchev–Trinajstić information content (AvgIpc) is 2.99. The molecule has 0 spiro atoms. The standard InChI is InChI=1S/C15H18ClNO2/c16-12-2-1-3-13(8-12)19-9-15(18)17-14-7-10-4-5-11(14)6-10/h1-3,8,10-11,14H,4-7,9H2,(H,17,18)/t10-,11-,14+/m1/s1. The summed E-state index contributed by atoms with van der Waals surface area (Å²) in [5, 5.41) is 3.71. The first-order valence-corrected chi connectivity index (χ1v) is 7.26. The topological polar surface area (TPSA) is 38.3 Å². The SMILES string of the molecule is O=C(COc1cccc(Cl)c1)N[C@H]1C[C@@H]2CC[C@@H]1C2. The Bertz CT molecular complexity index is 477. The van der Waals surface area contributed by atoms with Crippen molar-refractivity contribution in [2.24, 2.45) is 11.8 Å². The first-order chi connectivity index (χ1) is 9.20. The second-order valence-electron chi connectivity index (χ2n) is 5.59. The zero-order chi connectivity index (χ0) is 13.2. The molecule has 0 radical (unpaired) electrons. The van der Waals surface area contributed by atoms with Crippen molar-refractivity contribution in [3.05, 3.63) is 29.3 Å². The number of halogens is 1. The van der Waals surface area contributed by atoms with Gasteiger partial charge in [-0.25, -0.2) is 0 Å². The Hall–Kier alpha value is -1.22. The number of nitrogens with one attached hydrogen (secondary N) is 1. The molecule has 0 heterocycles. The summed E-state index contributed by atoms with van der Waals surface area (Å²) in [7, 11) is 0. The molecule has 2 aliphatic rings. The van der Waals surface area contributed by atoms with Crippen molar-refractivity contribution in [3.8, 4) is 5.75 Å². The van der Waals surface area contributed by atoms with Crippen LogP contribution in [0.15, 0.2) is 24.3 Å². The fourth-order valence-electron chi connectivity index (χ4n) is 3.38. The second-order valence-corrected chi connectivity index (χ2v) is 6.03. The molecule has 0 aliphatic heterocycles. The third kappa shape index (κ3) is 3.03. The molecule has 102 valence electrons. The van der Waals surface area contributed by atoms with Gasteiger partial charge in [0.15, 0.2) is 6.61 Å². The molecule has 2 saturated carbocycles. The monoisotopic (exact) mass is 279 g/mol. The Morgan fingerprint density at radius 2 is 2.26 bits per heavy atom. The number of rotatable bonds is 4. The van der Waals surface area contributed by atoms with Gasteiger partial charge < -0.3 is 10.1 Å². The minimum atomic E-state index is -0.0301. The minimum absolute atomic E-state index is 0.0301. The van der Waals surface area contributed by atoms with E-state index in [-0.39, 0.29) is 12.5 Å². The first kappa shape index (κ1) is 12.8. The van der Waals surface area contributed by atoms with Crippen LogP contribution in [0.4, 0.5) is 0 Å². The summed E-state index contributed by atoms with van der Waals surface area (Å²) in [5.41, 5.74) is 0. The molecule has 0 aromatic heterocycles. The smallest absolute Gasteiger partial charge is 0.258 e. The minimum Gasteiger partial charge on any atom is -0.484 e. The molecule has 3 rings (SSSR count). The zero-order valence-electron chi connectivity index (χ0n) is 10.8. The van der Waals surface area contributed by atoms with Crippen molar-refractivity contribution in [2.75, 3.05) is 6.61 Å². The van der Waals surface area contributed by atoms with Crippen LogP contribution >= 0.6 is 11.6 Å². The van der Waals surface area contributed by atoms with Gasteiger partial charge in [-0.3, -0.25) is 4.79 Å². The van der Waals surface area contributed by atoms with E-state index in [1.807, 2.05) is 6.07 Å². The van der Waals surface area contributed by atoms with Crippen molar-refractivity contribution in [1.82, 2.24) is 5.32 Å². The number of carbonyl (C=O) groups is 1. The highest BCUT2D eigenvalue weighted by Crippen LogP contribution is 2.44. The maximum absolute atomic E-state index is 11.9. The van der Waals surface area contributed by atoms with Crippen molar-refractivity contribution < 1.29 is 9.53 Å². The van der Waals surface area contributed by atoms with Gasteiger partial charge in [0.05, 0.1) is 0 Å². The van der Waals surface area contributed by atoms with Gasteiger partial charge in [0.2, 0.25) is 0 Å². The molecule has 0 unspecified atom stereocenters. The van der Waals surface area contributed by atoms with Crippen molar-refractivity contribution in [3.63, 3.8) is 0 Å².